The summed E-state index contributed by atoms with van der Waals surface area (Å²) in [4.78, 5) is 24.1. The van der Waals surface area contributed by atoms with Gasteiger partial charge in [-0.15, -0.1) is 0 Å². The van der Waals surface area contributed by atoms with Gasteiger partial charge in [-0.1, -0.05) is 19.1 Å². The fraction of sp³-hybridized carbons (Fsp3) is 0.429. The molecule has 19 heavy (non-hydrogen) atoms. The number of benzene rings is 1. The molecule has 1 N–H and O–H groups in total. The van der Waals surface area contributed by atoms with Crippen molar-refractivity contribution < 1.29 is 19.4 Å². The van der Waals surface area contributed by atoms with Crippen LogP contribution in [0.5, 0.6) is 5.75 Å². The Morgan fingerprint density at radius 3 is 2.37 bits per heavy atom. The first kappa shape index (κ1) is 15.0. The van der Waals surface area contributed by atoms with Gasteiger partial charge < -0.3 is 14.7 Å². The molecule has 0 atom stereocenters. The number of nitrogens with zero attached hydrogens (tertiary/aromatic N) is 1. The van der Waals surface area contributed by atoms with Crippen LogP contribution in [0.4, 0.5) is 0 Å². The summed E-state index contributed by atoms with van der Waals surface area (Å²) < 4.78 is 5.04. The number of hydrogen-bond acceptors (Lipinski definition) is 3. The first-order valence-corrected chi connectivity index (χ1v) is 6.19. The summed E-state index contributed by atoms with van der Waals surface area (Å²) in [6, 6.07) is 7.18. The second kappa shape index (κ2) is 7.41. The highest BCUT2D eigenvalue weighted by atomic mass is 16.5. The molecule has 0 heterocycles. The standard InChI is InChI=1S/C14H19NO4/c1-3-8-15(10-14(17)18)13(16)9-11-4-6-12(19-2)7-5-11/h4-7H,3,8-10H2,1-2H3,(H,17,18). The molecule has 5 heteroatoms. The van der Waals surface area contributed by atoms with Gasteiger partial charge in [-0.2, -0.15) is 0 Å². The maximum absolute atomic E-state index is 12.0. The van der Waals surface area contributed by atoms with E-state index in [2.05, 4.69) is 0 Å². The molecule has 0 saturated carbocycles. The van der Waals surface area contributed by atoms with Crippen LogP contribution in [-0.2, 0) is 16.0 Å². The van der Waals surface area contributed by atoms with E-state index in [1.165, 1.54) is 4.90 Å². The lowest BCUT2D eigenvalue weighted by molar-refractivity contribution is -0.144. The molecule has 0 aliphatic carbocycles. The molecule has 0 radical (unpaired) electrons. The van der Waals surface area contributed by atoms with Crippen LogP contribution in [0.3, 0.4) is 0 Å². The monoisotopic (exact) mass is 265 g/mol. The molecule has 1 aromatic rings. The zero-order chi connectivity index (χ0) is 14.3. The lowest BCUT2D eigenvalue weighted by Crippen LogP contribution is -2.37. The largest absolute Gasteiger partial charge is 0.497 e. The van der Waals surface area contributed by atoms with Crippen molar-refractivity contribution in [2.45, 2.75) is 19.8 Å². The van der Waals surface area contributed by atoms with Crippen molar-refractivity contribution in [3.8, 4) is 5.75 Å². The molecule has 0 unspecified atom stereocenters. The van der Waals surface area contributed by atoms with Gasteiger partial charge in [0, 0.05) is 6.54 Å². The van der Waals surface area contributed by atoms with Crippen molar-refractivity contribution in [1.29, 1.82) is 0 Å². The molecule has 104 valence electrons. The number of rotatable bonds is 7. The van der Waals surface area contributed by atoms with Crippen LogP contribution in [0.2, 0.25) is 0 Å². The average molecular weight is 265 g/mol. The third kappa shape index (κ3) is 4.99. The third-order valence-electron chi connectivity index (χ3n) is 2.69. The predicted octanol–water partition coefficient (Wildman–Crippen LogP) is 1.56. The Morgan fingerprint density at radius 2 is 1.89 bits per heavy atom. The highest BCUT2D eigenvalue weighted by molar-refractivity contribution is 5.83. The highest BCUT2D eigenvalue weighted by Gasteiger charge is 2.16. The normalized spacial score (nSPS) is 10.0. The summed E-state index contributed by atoms with van der Waals surface area (Å²) in [6.07, 6.45) is 0.943. The molecule has 0 aliphatic rings. The lowest BCUT2D eigenvalue weighted by Gasteiger charge is -2.20. The van der Waals surface area contributed by atoms with Crippen molar-refractivity contribution >= 4 is 11.9 Å². The van der Waals surface area contributed by atoms with Gasteiger partial charge >= 0.3 is 5.97 Å². The second-order valence-electron chi connectivity index (χ2n) is 4.23. The average Bonchev–Trinajstić information content (AvgIpc) is 2.38. The van der Waals surface area contributed by atoms with Gasteiger partial charge in [-0.05, 0) is 24.1 Å². The highest BCUT2D eigenvalue weighted by Crippen LogP contribution is 2.12. The minimum absolute atomic E-state index is 0.172. The van der Waals surface area contributed by atoms with E-state index in [4.69, 9.17) is 9.84 Å². The van der Waals surface area contributed by atoms with E-state index >= 15 is 0 Å². The van der Waals surface area contributed by atoms with Crippen molar-refractivity contribution in [2.24, 2.45) is 0 Å². The Kier molecular flexibility index (Phi) is 5.85. The summed E-state index contributed by atoms with van der Waals surface area (Å²) >= 11 is 0. The van der Waals surface area contributed by atoms with Crippen molar-refractivity contribution in [3.05, 3.63) is 29.8 Å². The molecule has 0 aliphatic heterocycles. The van der Waals surface area contributed by atoms with Crippen molar-refractivity contribution in [2.75, 3.05) is 20.2 Å². The zero-order valence-corrected chi connectivity index (χ0v) is 11.3. The topological polar surface area (TPSA) is 66.8 Å². The first-order chi connectivity index (χ1) is 9.06. The Hall–Kier alpha value is -2.04. The van der Waals surface area contributed by atoms with E-state index in [9.17, 15) is 9.59 Å². The van der Waals surface area contributed by atoms with E-state index in [0.29, 0.717) is 6.54 Å². The minimum Gasteiger partial charge on any atom is -0.497 e. The van der Waals surface area contributed by atoms with E-state index in [-0.39, 0.29) is 18.9 Å². The quantitative estimate of drug-likeness (QED) is 0.812. The number of hydrogen-bond donors (Lipinski definition) is 1. The molecule has 0 spiro atoms. The summed E-state index contributed by atoms with van der Waals surface area (Å²) in [5.41, 5.74) is 0.845. The molecular weight excluding hydrogens is 246 g/mol. The van der Waals surface area contributed by atoms with Crippen LogP contribution in [0, 0.1) is 0 Å². The molecule has 5 nitrogen and oxygen atoms in total. The maximum Gasteiger partial charge on any atom is 0.323 e. The molecule has 1 amide bonds. The van der Waals surface area contributed by atoms with Crippen LogP contribution in [0.1, 0.15) is 18.9 Å². The minimum atomic E-state index is -0.989. The third-order valence-corrected chi connectivity index (χ3v) is 2.69. The number of aliphatic carboxylic acids is 1. The van der Waals surface area contributed by atoms with Crippen molar-refractivity contribution in [1.82, 2.24) is 4.90 Å². The molecule has 0 saturated heterocycles. The van der Waals surface area contributed by atoms with Crippen molar-refractivity contribution in [3.63, 3.8) is 0 Å². The Balaban J connectivity index is 2.66. The molecular formula is C14H19NO4. The number of carboxylic acid groups (broad SMARTS) is 1. The molecule has 1 aromatic carbocycles. The van der Waals surface area contributed by atoms with Crippen LogP contribution in [0.15, 0.2) is 24.3 Å². The van der Waals surface area contributed by atoms with Crippen LogP contribution >= 0.6 is 0 Å². The number of carbonyl (C=O) groups is 2. The molecule has 0 aromatic heterocycles. The van der Waals surface area contributed by atoms with E-state index in [1.54, 1.807) is 19.2 Å². The van der Waals surface area contributed by atoms with Crippen LogP contribution in [0.25, 0.3) is 0 Å². The summed E-state index contributed by atoms with van der Waals surface area (Å²) in [5, 5.41) is 8.78. The van der Waals surface area contributed by atoms with Crippen LogP contribution in [-0.4, -0.2) is 42.1 Å². The smallest absolute Gasteiger partial charge is 0.323 e. The zero-order valence-electron chi connectivity index (χ0n) is 11.3. The molecule has 1 rings (SSSR count). The Morgan fingerprint density at radius 1 is 1.26 bits per heavy atom. The van der Waals surface area contributed by atoms with Gasteiger partial charge in [0.1, 0.15) is 12.3 Å². The van der Waals surface area contributed by atoms with Gasteiger partial charge in [0.05, 0.1) is 13.5 Å². The van der Waals surface area contributed by atoms with E-state index < -0.39 is 5.97 Å². The Bertz CT molecular complexity index is 428. The maximum atomic E-state index is 12.0. The summed E-state index contributed by atoms with van der Waals surface area (Å²) in [6.45, 7) is 2.12. The lowest BCUT2D eigenvalue weighted by atomic mass is 10.1. The van der Waals surface area contributed by atoms with Gasteiger partial charge in [-0.3, -0.25) is 9.59 Å². The van der Waals surface area contributed by atoms with Gasteiger partial charge in [-0.25, -0.2) is 0 Å². The number of amides is 1. The van der Waals surface area contributed by atoms with Gasteiger partial charge in [0.15, 0.2) is 0 Å². The van der Waals surface area contributed by atoms with E-state index in [1.807, 2.05) is 19.1 Å². The summed E-state index contributed by atoms with van der Waals surface area (Å²) in [7, 11) is 1.58. The Labute approximate surface area is 112 Å². The summed E-state index contributed by atoms with van der Waals surface area (Å²) in [5.74, 6) is -0.432. The number of carboxylic acids is 1. The predicted molar refractivity (Wildman–Crippen MR) is 71.2 cm³/mol. The number of ether oxygens (including phenoxy) is 1. The van der Waals surface area contributed by atoms with E-state index in [0.717, 1.165) is 17.7 Å². The SMILES string of the molecule is CCCN(CC(=O)O)C(=O)Cc1ccc(OC)cc1. The van der Waals surface area contributed by atoms with Gasteiger partial charge in [0.25, 0.3) is 0 Å². The second-order valence-corrected chi connectivity index (χ2v) is 4.23. The fourth-order valence-electron chi connectivity index (χ4n) is 1.75. The number of methoxy groups -OCH3 is 1. The molecule has 0 fully saturated rings. The fourth-order valence-corrected chi connectivity index (χ4v) is 1.75. The first-order valence-electron chi connectivity index (χ1n) is 6.19. The van der Waals surface area contributed by atoms with Gasteiger partial charge in [0.2, 0.25) is 5.91 Å². The van der Waals surface area contributed by atoms with Crippen LogP contribution < -0.4 is 4.74 Å². The molecule has 0 bridgehead atoms. The number of carbonyl (C=O) groups excluding carboxylic acids is 1.